The highest BCUT2D eigenvalue weighted by Gasteiger charge is 2.27. The lowest BCUT2D eigenvalue weighted by atomic mass is 10.4. The molecule has 8 heteroatoms. The summed E-state index contributed by atoms with van der Waals surface area (Å²) in [6, 6.07) is -0.928. The minimum atomic E-state index is -4.38. The first-order valence-corrected chi connectivity index (χ1v) is 3.67. The molecule has 0 fully saturated rings. The summed E-state index contributed by atoms with van der Waals surface area (Å²) in [5.41, 5.74) is 4.51. The number of carbonyl (C=O) groups is 1. The van der Waals surface area contributed by atoms with E-state index in [1.165, 1.54) is 0 Å². The smallest absolute Gasteiger partial charge is 0.328 e. The van der Waals surface area contributed by atoms with E-state index in [4.69, 9.17) is 0 Å². The van der Waals surface area contributed by atoms with Gasteiger partial charge in [0.15, 0.2) is 0 Å². The van der Waals surface area contributed by atoms with Gasteiger partial charge in [0.05, 0.1) is 0 Å². The first kappa shape index (κ1) is 15.8. The third-order valence-electron chi connectivity index (χ3n) is 0.924. The summed E-state index contributed by atoms with van der Waals surface area (Å²) in [5.74, 6) is 0. The molecule has 0 saturated heterocycles. The predicted molar refractivity (Wildman–Crippen MR) is 48.1 cm³/mol. The predicted octanol–water partition coefficient (Wildman–Crippen LogP) is 1.18. The Hall–Kier alpha value is -0.690. The Labute approximate surface area is 86.0 Å². The largest absolute Gasteiger partial charge is 0.405 e. The molecule has 14 heavy (non-hydrogen) atoms. The molecule has 0 heterocycles. The number of hydrazine groups is 1. The Morgan fingerprint density at radius 2 is 1.86 bits per heavy atom. The second-order valence-corrected chi connectivity index (χ2v) is 2.72. The summed E-state index contributed by atoms with van der Waals surface area (Å²) >= 11 is 0. The van der Waals surface area contributed by atoms with Crippen molar-refractivity contribution in [2.24, 2.45) is 0 Å². The number of hydrogen-bond donors (Lipinski definition) is 3. The molecule has 0 unspecified atom stereocenters. The lowest BCUT2D eigenvalue weighted by Gasteiger charge is -2.12. The molecular formula is C6H13ClF3N3O. The van der Waals surface area contributed by atoms with Crippen molar-refractivity contribution in [2.75, 3.05) is 6.54 Å². The van der Waals surface area contributed by atoms with Crippen LogP contribution in [0.25, 0.3) is 0 Å². The van der Waals surface area contributed by atoms with Crippen molar-refractivity contribution < 1.29 is 18.0 Å². The van der Waals surface area contributed by atoms with Gasteiger partial charge in [0.25, 0.3) is 0 Å². The molecule has 3 N–H and O–H groups in total. The fourth-order valence-electron chi connectivity index (χ4n) is 0.435. The van der Waals surface area contributed by atoms with Gasteiger partial charge in [0, 0.05) is 6.04 Å². The van der Waals surface area contributed by atoms with Gasteiger partial charge >= 0.3 is 12.2 Å². The molecule has 4 nitrogen and oxygen atoms in total. The van der Waals surface area contributed by atoms with Crippen molar-refractivity contribution in [1.29, 1.82) is 0 Å². The van der Waals surface area contributed by atoms with Crippen molar-refractivity contribution >= 4 is 18.4 Å². The minimum Gasteiger partial charge on any atom is -0.328 e. The number of rotatable bonds is 3. The Kier molecular flexibility index (Phi) is 7.57. The summed E-state index contributed by atoms with van der Waals surface area (Å²) in [6.07, 6.45) is -4.38. The molecule has 0 aromatic carbocycles. The Morgan fingerprint density at radius 1 is 1.36 bits per heavy atom. The van der Waals surface area contributed by atoms with Crippen molar-refractivity contribution in [3.8, 4) is 0 Å². The third kappa shape index (κ3) is 11.3. The molecule has 0 aliphatic heterocycles. The molecule has 0 aromatic heterocycles. The number of urea groups is 1. The third-order valence-corrected chi connectivity index (χ3v) is 0.924. The lowest BCUT2D eigenvalue weighted by molar-refractivity contribution is -0.122. The molecule has 0 saturated carbocycles. The van der Waals surface area contributed by atoms with Crippen LogP contribution < -0.4 is 16.2 Å². The first-order valence-electron chi connectivity index (χ1n) is 3.67. The van der Waals surface area contributed by atoms with E-state index in [0.29, 0.717) is 0 Å². The molecule has 0 atom stereocenters. The van der Waals surface area contributed by atoms with Gasteiger partial charge in [-0.05, 0) is 13.8 Å². The van der Waals surface area contributed by atoms with Crippen LogP contribution in [-0.4, -0.2) is 24.8 Å². The summed E-state index contributed by atoms with van der Waals surface area (Å²) in [6.45, 7) is 2.15. The van der Waals surface area contributed by atoms with E-state index in [1.807, 2.05) is 0 Å². The number of nitrogens with one attached hydrogen (secondary N) is 3. The summed E-state index contributed by atoms with van der Waals surface area (Å²) in [7, 11) is 0. The highest BCUT2D eigenvalue weighted by Crippen LogP contribution is 2.11. The van der Waals surface area contributed by atoms with E-state index in [9.17, 15) is 18.0 Å². The average Bonchev–Trinajstić information content (AvgIpc) is 1.95. The molecule has 0 aliphatic carbocycles. The zero-order chi connectivity index (χ0) is 10.5. The maximum Gasteiger partial charge on any atom is 0.405 e. The molecule has 0 aliphatic rings. The second-order valence-electron chi connectivity index (χ2n) is 2.72. The second kappa shape index (κ2) is 6.72. The highest BCUT2D eigenvalue weighted by atomic mass is 35.5. The average molecular weight is 236 g/mol. The standard InChI is InChI=1S/C6H12F3N3O.ClH/c1-4(2)11-12-5(13)10-3-6(7,8)9;/h4,11H,3H2,1-2H3,(H2,10,12,13);1H. The van der Waals surface area contributed by atoms with Crippen molar-refractivity contribution in [1.82, 2.24) is 16.2 Å². The van der Waals surface area contributed by atoms with Crippen LogP contribution in [0.5, 0.6) is 0 Å². The van der Waals surface area contributed by atoms with Crippen LogP contribution in [0.4, 0.5) is 18.0 Å². The molecule has 86 valence electrons. The molecule has 0 rings (SSSR count). The van der Waals surface area contributed by atoms with Crippen LogP contribution in [0.1, 0.15) is 13.8 Å². The minimum absolute atomic E-state index is 0. The van der Waals surface area contributed by atoms with Crippen molar-refractivity contribution in [3.05, 3.63) is 0 Å². The fourth-order valence-corrected chi connectivity index (χ4v) is 0.435. The number of carbonyl (C=O) groups excluding carboxylic acids is 1. The maximum atomic E-state index is 11.6. The van der Waals surface area contributed by atoms with Crippen LogP contribution in [0.2, 0.25) is 0 Å². The van der Waals surface area contributed by atoms with Crippen LogP contribution >= 0.6 is 12.4 Å². The van der Waals surface area contributed by atoms with Gasteiger partial charge < -0.3 is 5.32 Å². The number of amides is 2. The van der Waals surface area contributed by atoms with Gasteiger partial charge in [-0.15, -0.1) is 12.4 Å². The molecule has 0 radical (unpaired) electrons. The SMILES string of the molecule is CC(C)NNC(=O)NCC(F)(F)F.Cl. The van der Waals surface area contributed by atoms with E-state index >= 15 is 0 Å². The van der Waals surface area contributed by atoms with Gasteiger partial charge in [-0.1, -0.05) is 0 Å². The van der Waals surface area contributed by atoms with E-state index in [0.717, 1.165) is 0 Å². The Balaban J connectivity index is 0. The monoisotopic (exact) mass is 235 g/mol. The van der Waals surface area contributed by atoms with Crippen molar-refractivity contribution in [3.63, 3.8) is 0 Å². The molecule has 0 aromatic rings. The van der Waals surface area contributed by atoms with E-state index in [-0.39, 0.29) is 18.4 Å². The number of alkyl halides is 3. The maximum absolute atomic E-state index is 11.6. The van der Waals surface area contributed by atoms with Crippen LogP contribution in [0.15, 0.2) is 0 Å². The first-order chi connectivity index (χ1) is 5.81. The number of hydrogen-bond acceptors (Lipinski definition) is 2. The topological polar surface area (TPSA) is 53.2 Å². The summed E-state index contributed by atoms with van der Waals surface area (Å²) in [5, 5.41) is 1.64. The van der Waals surface area contributed by atoms with Gasteiger partial charge in [-0.3, -0.25) is 5.43 Å². The molecule has 0 spiro atoms. The van der Waals surface area contributed by atoms with E-state index < -0.39 is 18.8 Å². The Bertz CT molecular complexity index is 174. The molecular weight excluding hydrogens is 223 g/mol. The quantitative estimate of drug-likeness (QED) is 0.644. The van der Waals surface area contributed by atoms with Crippen LogP contribution in [-0.2, 0) is 0 Å². The van der Waals surface area contributed by atoms with Crippen LogP contribution in [0, 0.1) is 0 Å². The summed E-state index contributed by atoms with van der Waals surface area (Å²) in [4.78, 5) is 10.6. The highest BCUT2D eigenvalue weighted by molar-refractivity contribution is 5.85. The lowest BCUT2D eigenvalue weighted by Crippen LogP contribution is -2.49. The van der Waals surface area contributed by atoms with E-state index in [1.54, 1.807) is 19.2 Å². The van der Waals surface area contributed by atoms with Gasteiger partial charge in [0.1, 0.15) is 6.54 Å². The Morgan fingerprint density at radius 3 is 2.21 bits per heavy atom. The normalized spacial score (nSPS) is 10.7. The zero-order valence-electron chi connectivity index (χ0n) is 7.73. The van der Waals surface area contributed by atoms with Crippen LogP contribution in [0.3, 0.4) is 0 Å². The fraction of sp³-hybridized carbons (Fsp3) is 0.833. The van der Waals surface area contributed by atoms with Gasteiger partial charge in [-0.2, -0.15) is 13.2 Å². The number of halogens is 4. The van der Waals surface area contributed by atoms with Gasteiger partial charge in [-0.25, -0.2) is 10.2 Å². The zero-order valence-corrected chi connectivity index (χ0v) is 8.55. The van der Waals surface area contributed by atoms with Gasteiger partial charge in [0.2, 0.25) is 0 Å². The van der Waals surface area contributed by atoms with E-state index in [2.05, 4.69) is 10.9 Å². The molecule has 2 amide bonds. The molecule has 0 bridgehead atoms. The summed E-state index contributed by atoms with van der Waals surface area (Å²) < 4.78 is 34.7. The van der Waals surface area contributed by atoms with Crippen molar-refractivity contribution in [2.45, 2.75) is 26.1 Å².